The van der Waals surface area contributed by atoms with Crippen molar-refractivity contribution in [1.29, 1.82) is 0 Å². The Bertz CT molecular complexity index is 1270. The number of allylic oxidation sites excluding steroid dienone is 1. The van der Waals surface area contributed by atoms with Gasteiger partial charge in [-0.15, -0.1) is 0 Å². The smallest absolute Gasteiger partial charge is 0.228 e. The topological polar surface area (TPSA) is 132 Å². The van der Waals surface area contributed by atoms with E-state index in [1.807, 2.05) is 19.1 Å². The van der Waals surface area contributed by atoms with Crippen LogP contribution in [0.5, 0.6) is 17.4 Å². The van der Waals surface area contributed by atoms with Crippen LogP contribution in [-0.4, -0.2) is 64.6 Å². The first-order valence-corrected chi connectivity index (χ1v) is 12.3. The lowest BCUT2D eigenvalue weighted by molar-refractivity contribution is 0.282. The van der Waals surface area contributed by atoms with Crippen molar-refractivity contribution in [2.75, 3.05) is 32.2 Å². The van der Waals surface area contributed by atoms with Crippen LogP contribution in [-0.2, 0) is 0 Å². The van der Waals surface area contributed by atoms with Crippen molar-refractivity contribution in [1.82, 2.24) is 19.9 Å². The van der Waals surface area contributed by atoms with Crippen molar-refractivity contribution in [3.8, 4) is 28.6 Å². The summed E-state index contributed by atoms with van der Waals surface area (Å²) in [6.07, 6.45) is 10.6. The predicted octanol–water partition coefficient (Wildman–Crippen LogP) is 3.78. The first kappa shape index (κ1) is 26.0. The molecule has 1 saturated carbocycles. The highest BCUT2D eigenvalue weighted by molar-refractivity contribution is 6.08. The molecule has 0 atom stereocenters. The second-order valence-corrected chi connectivity index (χ2v) is 8.72. The molecule has 194 valence electrons. The summed E-state index contributed by atoms with van der Waals surface area (Å²) in [6, 6.07) is 7.69. The highest BCUT2D eigenvalue weighted by Gasteiger charge is 2.27. The maximum Gasteiger partial charge on any atom is 0.228 e. The van der Waals surface area contributed by atoms with Crippen LogP contribution in [0.4, 0.5) is 5.95 Å². The van der Waals surface area contributed by atoms with Gasteiger partial charge in [-0.05, 0) is 50.8 Å². The predicted molar refractivity (Wildman–Crippen MR) is 144 cm³/mol. The molecule has 3 aromatic heterocycles. The number of pyridine rings is 2. The lowest BCUT2D eigenvalue weighted by Gasteiger charge is -2.37. The maximum atomic E-state index is 9.31. The number of hydrogen-bond donors (Lipinski definition) is 2. The second-order valence-electron chi connectivity index (χ2n) is 8.72. The van der Waals surface area contributed by atoms with Crippen molar-refractivity contribution in [2.24, 2.45) is 10.7 Å². The molecule has 0 amide bonds. The van der Waals surface area contributed by atoms with Gasteiger partial charge in [-0.3, -0.25) is 9.98 Å². The lowest BCUT2D eigenvalue weighted by atomic mass is 9.91. The van der Waals surface area contributed by atoms with Gasteiger partial charge in [0.15, 0.2) is 0 Å². The third kappa shape index (κ3) is 6.03. The van der Waals surface area contributed by atoms with Gasteiger partial charge in [-0.2, -0.15) is 4.98 Å². The fourth-order valence-corrected chi connectivity index (χ4v) is 4.11. The minimum Gasteiger partial charge on any atom is -0.480 e. The van der Waals surface area contributed by atoms with Gasteiger partial charge in [0.2, 0.25) is 11.8 Å². The van der Waals surface area contributed by atoms with Crippen molar-refractivity contribution < 1.29 is 14.6 Å². The molecule has 3 N–H and O–H groups in total. The van der Waals surface area contributed by atoms with Gasteiger partial charge in [-0.1, -0.05) is 0 Å². The Morgan fingerprint density at radius 3 is 2.73 bits per heavy atom. The molecule has 0 aliphatic heterocycles. The molecule has 37 heavy (non-hydrogen) atoms. The number of methoxy groups -OCH3 is 1. The summed E-state index contributed by atoms with van der Waals surface area (Å²) in [5.41, 5.74) is 9.14. The molecule has 3 heterocycles. The van der Waals surface area contributed by atoms with E-state index in [0.29, 0.717) is 70.6 Å². The number of anilines is 1. The molecule has 0 saturated heterocycles. The van der Waals surface area contributed by atoms with E-state index in [1.54, 1.807) is 44.9 Å². The van der Waals surface area contributed by atoms with E-state index in [4.69, 9.17) is 25.2 Å². The van der Waals surface area contributed by atoms with Gasteiger partial charge >= 0.3 is 0 Å². The van der Waals surface area contributed by atoms with Crippen LogP contribution in [0.1, 0.15) is 37.1 Å². The molecular formula is C27H33N7O3. The molecule has 1 aliphatic rings. The zero-order valence-electron chi connectivity index (χ0n) is 21.5. The summed E-state index contributed by atoms with van der Waals surface area (Å²) in [4.78, 5) is 24.6. The Morgan fingerprint density at radius 2 is 2.08 bits per heavy atom. The zero-order valence-corrected chi connectivity index (χ0v) is 21.5. The number of aromatic nitrogens is 4. The molecule has 1 fully saturated rings. The van der Waals surface area contributed by atoms with E-state index in [2.05, 4.69) is 19.9 Å². The number of aliphatic hydroxyl groups is 1. The normalized spacial score (nSPS) is 14.0. The molecule has 1 aliphatic carbocycles. The molecule has 0 radical (unpaired) electrons. The number of aliphatic imine (C=N–C) groups is 1. The zero-order chi connectivity index (χ0) is 26.2. The third-order valence-corrected chi connectivity index (χ3v) is 6.28. The molecule has 0 spiro atoms. The average Bonchev–Trinajstić information content (AvgIpc) is 2.89. The largest absolute Gasteiger partial charge is 0.480 e. The Hall–Kier alpha value is -4.05. The van der Waals surface area contributed by atoms with Gasteiger partial charge in [0.05, 0.1) is 29.8 Å². The van der Waals surface area contributed by atoms with Gasteiger partial charge in [-0.25, -0.2) is 9.97 Å². The fourth-order valence-electron chi connectivity index (χ4n) is 4.11. The van der Waals surface area contributed by atoms with Crippen LogP contribution in [0.2, 0.25) is 0 Å². The molecule has 0 unspecified atom stereocenters. The molecule has 4 rings (SSSR count). The van der Waals surface area contributed by atoms with E-state index in [0.717, 1.165) is 12.8 Å². The van der Waals surface area contributed by atoms with Crippen LogP contribution >= 0.6 is 0 Å². The van der Waals surface area contributed by atoms with Crippen LogP contribution in [0.3, 0.4) is 0 Å². The summed E-state index contributed by atoms with van der Waals surface area (Å²) in [5, 5.41) is 9.31. The number of ether oxygens (including phenoxy) is 2. The molecule has 0 aromatic carbocycles. The number of rotatable bonds is 11. The highest BCUT2D eigenvalue weighted by atomic mass is 16.5. The minimum atomic E-state index is 0.134. The summed E-state index contributed by atoms with van der Waals surface area (Å²) >= 11 is 0. The summed E-state index contributed by atoms with van der Waals surface area (Å²) in [5.74, 6) is 2.29. The summed E-state index contributed by atoms with van der Waals surface area (Å²) < 4.78 is 11.7. The van der Waals surface area contributed by atoms with Crippen LogP contribution in [0.25, 0.3) is 16.8 Å². The van der Waals surface area contributed by atoms with E-state index < -0.39 is 0 Å². The number of nitrogens with zero attached hydrogens (tertiary/aromatic N) is 6. The van der Waals surface area contributed by atoms with Crippen molar-refractivity contribution in [2.45, 2.75) is 38.6 Å². The van der Waals surface area contributed by atoms with E-state index in [-0.39, 0.29) is 6.61 Å². The molecular weight excluding hydrogens is 470 g/mol. The SMILES string of the molecule is CN=CC(=CN)c1cc(Oc2ccc(-c3cnc(N(CCCO)C4CCC4)nc3OC)nc2C)ccn1. The quantitative estimate of drug-likeness (QED) is 0.375. The molecule has 3 aromatic rings. The van der Waals surface area contributed by atoms with Gasteiger partial charge in [0.25, 0.3) is 0 Å². The first-order chi connectivity index (χ1) is 18.1. The lowest BCUT2D eigenvalue weighted by Crippen LogP contribution is -2.42. The van der Waals surface area contributed by atoms with Crippen molar-refractivity contribution in [3.63, 3.8) is 0 Å². The van der Waals surface area contributed by atoms with E-state index in [9.17, 15) is 5.11 Å². The monoisotopic (exact) mass is 503 g/mol. The van der Waals surface area contributed by atoms with Crippen LogP contribution in [0.15, 0.2) is 47.9 Å². The Labute approximate surface area is 216 Å². The maximum absolute atomic E-state index is 9.31. The Morgan fingerprint density at radius 1 is 1.24 bits per heavy atom. The number of aliphatic hydroxyl groups excluding tert-OH is 1. The molecule has 10 heteroatoms. The third-order valence-electron chi connectivity index (χ3n) is 6.28. The van der Waals surface area contributed by atoms with Gasteiger partial charge in [0.1, 0.15) is 11.5 Å². The summed E-state index contributed by atoms with van der Waals surface area (Å²) in [7, 11) is 3.27. The number of hydrogen-bond acceptors (Lipinski definition) is 10. The van der Waals surface area contributed by atoms with E-state index in [1.165, 1.54) is 12.6 Å². The molecule has 0 bridgehead atoms. The minimum absolute atomic E-state index is 0.134. The number of nitrogens with two attached hydrogens (primary N) is 1. The first-order valence-electron chi connectivity index (χ1n) is 12.3. The highest BCUT2D eigenvalue weighted by Crippen LogP contribution is 2.34. The fraction of sp³-hybridized carbons (Fsp3) is 0.370. The van der Waals surface area contributed by atoms with Gasteiger partial charge < -0.3 is 25.2 Å². The van der Waals surface area contributed by atoms with Crippen molar-refractivity contribution in [3.05, 3.63) is 54.2 Å². The standard InChI is InChI=1S/C27H33N7O3/c1-18-25(37-21-10-11-30-24(14-21)19(15-28)16-29-2)9-8-23(32-18)22-17-31-27(33-26(22)36-3)34(12-5-13-35)20-6-4-7-20/h8-11,14-17,20,35H,4-7,12-13,28H2,1-3H3. The second kappa shape index (κ2) is 12.3. The summed E-state index contributed by atoms with van der Waals surface area (Å²) in [6.45, 7) is 2.72. The van der Waals surface area contributed by atoms with Crippen LogP contribution in [0, 0.1) is 6.92 Å². The Balaban J connectivity index is 1.57. The van der Waals surface area contributed by atoms with Crippen molar-refractivity contribution >= 4 is 17.7 Å². The Kier molecular flexibility index (Phi) is 8.63. The van der Waals surface area contributed by atoms with Crippen LogP contribution < -0.4 is 20.1 Å². The molecule has 10 nitrogen and oxygen atoms in total. The number of aryl methyl sites for hydroxylation is 1. The van der Waals surface area contributed by atoms with Gasteiger partial charge in [0, 0.05) is 62.7 Å². The van der Waals surface area contributed by atoms with E-state index >= 15 is 0 Å². The average molecular weight is 504 g/mol.